The Morgan fingerprint density at radius 1 is 1.41 bits per heavy atom. The van der Waals surface area contributed by atoms with Gasteiger partial charge in [0.25, 0.3) is 0 Å². The highest BCUT2D eigenvalue weighted by Gasteiger charge is 2.31. The maximum atomic E-state index is 11.9. The fourth-order valence-electron chi connectivity index (χ4n) is 2.35. The lowest BCUT2D eigenvalue weighted by atomic mass is 9.91. The van der Waals surface area contributed by atoms with Crippen LogP contribution in [0.5, 0.6) is 0 Å². The summed E-state index contributed by atoms with van der Waals surface area (Å²) < 4.78 is 0. The second-order valence-corrected chi connectivity index (χ2v) is 5.08. The lowest BCUT2D eigenvalue weighted by Gasteiger charge is -2.38. The van der Waals surface area contributed by atoms with Crippen LogP contribution in [0.25, 0.3) is 0 Å². The van der Waals surface area contributed by atoms with Crippen LogP contribution < -0.4 is 5.32 Å². The molecule has 2 N–H and O–H groups in total. The molecule has 0 aromatic heterocycles. The topological polar surface area (TPSA) is 69.6 Å². The van der Waals surface area contributed by atoms with Crippen molar-refractivity contribution in [1.29, 1.82) is 0 Å². The fourth-order valence-corrected chi connectivity index (χ4v) is 2.35. The van der Waals surface area contributed by atoms with Crippen LogP contribution in [0.15, 0.2) is 0 Å². The van der Waals surface area contributed by atoms with Gasteiger partial charge < -0.3 is 15.3 Å². The van der Waals surface area contributed by atoms with Crippen molar-refractivity contribution in [2.24, 2.45) is 11.8 Å². The number of amides is 1. The average Bonchev–Trinajstić information content (AvgIpc) is 2.26. The SMILES string of the molecule is CNC1CC(CC(=O)O)CN(C(=O)C(C)C)C1. The molecule has 1 amide bonds. The molecule has 17 heavy (non-hydrogen) atoms. The van der Waals surface area contributed by atoms with Crippen LogP contribution in [0.4, 0.5) is 0 Å². The van der Waals surface area contributed by atoms with Crippen LogP contribution in [0.1, 0.15) is 26.7 Å². The summed E-state index contributed by atoms with van der Waals surface area (Å²) in [5, 5.41) is 12.0. The summed E-state index contributed by atoms with van der Waals surface area (Å²) in [6, 6.07) is 0.204. The Labute approximate surface area is 102 Å². The van der Waals surface area contributed by atoms with Crippen molar-refractivity contribution in [2.75, 3.05) is 20.1 Å². The first-order valence-electron chi connectivity index (χ1n) is 6.11. The molecule has 1 aliphatic rings. The summed E-state index contributed by atoms with van der Waals surface area (Å²) in [7, 11) is 1.85. The molecule has 1 saturated heterocycles. The van der Waals surface area contributed by atoms with Crippen LogP contribution in [-0.4, -0.2) is 48.1 Å². The number of likely N-dealkylation sites (tertiary alicyclic amines) is 1. The van der Waals surface area contributed by atoms with Crippen LogP contribution >= 0.6 is 0 Å². The van der Waals surface area contributed by atoms with Gasteiger partial charge in [0.2, 0.25) is 5.91 Å². The van der Waals surface area contributed by atoms with E-state index in [0.717, 1.165) is 6.42 Å². The Morgan fingerprint density at radius 3 is 2.53 bits per heavy atom. The number of carbonyl (C=O) groups is 2. The number of rotatable bonds is 4. The van der Waals surface area contributed by atoms with E-state index in [1.807, 2.05) is 20.9 Å². The minimum atomic E-state index is -0.788. The highest BCUT2D eigenvalue weighted by Crippen LogP contribution is 2.21. The van der Waals surface area contributed by atoms with Crippen LogP contribution in [0, 0.1) is 11.8 Å². The standard InChI is InChI=1S/C12H22N2O3/c1-8(2)12(17)14-6-9(5-11(15)16)4-10(7-14)13-3/h8-10,13H,4-7H2,1-3H3,(H,15,16). The number of nitrogens with zero attached hydrogens (tertiary/aromatic N) is 1. The molecule has 5 heteroatoms. The largest absolute Gasteiger partial charge is 0.481 e. The number of hydrogen-bond donors (Lipinski definition) is 2. The van der Waals surface area contributed by atoms with Crippen molar-refractivity contribution in [3.63, 3.8) is 0 Å². The first-order chi connectivity index (χ1) is 7.93. The smallest absolute Gasteiger partial charge is 0.303 e. The number of aliphatic carboxylic acids is 1. The van der Waals surface area contributed by atoms with Crippen molar-refractivity contribution < 1.29 is 14.7 Å². The first-order valence-corrected chi connectivity index (χ1v) is 6.11. The maximum Gasteiger partial charge on any atom is 0.303 e. The lowest BCUT2D eigenvalue weighted by Crippen LogP contribution is -2.51. The number of carboxylic acids is 1. The van der Waals surface area contributed by atoms with Gasteiger partial charge in [-0.15, -0.1) is 0 Å². The third kappa shape index (κ3) is 4.00. The normalized spacial score (nSPS) is 25.1. The van der Waals surface area contributed by atoms with Crippen molar-refractivity contribution in [1.82, 2.24) is 10.2 Å². The Balaban J connectivity index is 2.66. The molecule has 1 fully saturated rings. The second kappa shape index (κ2) is 6.00. The zero-order chi connectivity index (χ0) is 13.0. The molecular weight excluding hydrogens is 220 g/mol. The van der Waals surface area contributed by atoms with Crippen molar-refractivity contribution in [3.05, 3.63) is 0 Å². The van der Waals surface area contributed by atoms with E-state index in [1.165, 1.54) is 0 Å². The predicted molar refractivity (Wildman–Crippen MR) is 64.6 cm³/mol. The molecule has 1 rings (SSSR count). The summed E-state index contributed by atoms with van der Waals surface area (Å²) in [6.07, 6.45) is 0.963. The molecule has 2 unspecified atom stereocenters. The molecule has 5 nitrogen and oxygen atoms in total. The van der Waals surface area contributed by atoms with E-state index in [1.54, 1.807) is 4.90 Å². The van der Waals surface area contributed by atoms with Gasteiger partial charge in [0.15, 0.2) is 0 Å². The summed E-state index contributed by atoms with van der Waals surface area (Å²) in [4.78, 5) is 24.5. The van der Waals surface area contributed by atoms with E-state index < -0.39 is 5.97 Å². The molecule has 2 atom stereocenters. The highest BCUT2D eigenvalue weighted by molar-refractivity contribution is 5.78. The monoisotopic (exact) mass is 242 g/mol. The van der Waals surface area contributed by atoms with Gasteiger partial charge in [-0.05, 0) is 19.4 Å². The zero-order valence-corrected chi connectivity index (χ0v) is 10.8. The molecular formula is C12H22N2O3. The van der Waals surface area contributed by atoms with Gasteiger partial charge in [0.05, 0.1) is 0 Å². The van der Waals surface area contributed by atoms with E-state index in [9.17, 15) is 9.59 Å². The first kappa shape index (κ1) is 14.0. The molecule has 0 saturated carbocycles. The fraction of sp³-hybridized carbons (Fsp3) is 0.833. The number of nitrogens with one attached hydrogen (secondary N) is 1. The zero-order valence-electron chi connectivity index (χ0n) is 10.8. The molecule has 0 aromatic carbocycles. The van der Waals surface area contributed by atoms with Crippen molar-refractivity contribution in [3.8, 4) is 0 Å². The molecule has 98 valence electrons. The number of carbonyl (C=O) groups excluding carboxylic acids is 1. The van der Waals surface area contributed by atoms with Gasteiger partial charge in [-0.3, -0.25) is 9.59 Å². The molecule has 0 aliphatic carbocycles. The van der Waals surface area contributed by atoms with Crippen LogP contribution in [0.2, 0.25) is 0 Å². The summed E-state index contributed by atoms with van der Waals surface area (Å²) in [5.74, 6) is -0.651. The predicted octanol–water partition coefficient (Wildman–Crippen LogP) is 0.554. The molecule has 0 radical (unpaired) electrons. The Hall–Kier alpha value is -1.10. The Kier molecular flexibility index (Phi) is 4.93. The molecule has 0 aromatic rings. The number of piperidine rings is 1. The Morgan fingerprint density at radius 2 is 2.06 bits per heavy atom. The van der Waals surface area contributed by atoms with Crippen molar-refractivity contribution >= 4 is 11.9 Å². The minimum Gasteiger partial charge on any atom is -0.481 e. The number of hydrogen-bond acceptors (Lipinski definition) is 3. The third-order valence-corrected chi connectivity index (χ3v) is 3.21. The summed E-state index contributed by atoms with van der Waals surface area (Å²) in [5.41, 5.74) is 0. The van der Waals surface area contributed by atoms with Gasteiger partial charge in [0.1, 0.15) is 0 Å². The molecule has 1 aliphatic heterocycles. The lowest BCUT2D eigenvalue weighted by molar-refractivity contribution is -0.142. The van der Waals surface area contributed by atoms with Gasteiger partial charge in [-0.25, -0.2) is 0 Å². The van der Waals surface area contributed by atoms with Crippen LogP contribution in [-0.2, 0) is 9.59 Å². The summed E-state index contributed by atoms with van der Waals surface area (Å²) >= 11 is 0. The Bertz CT molecular complexity index is 291. The van der Waals surface area contributed by atoms with Crippen LogP contribution in [0.3, 0.4) is 0 Å². The van der Waals surface area contributed by atoms with E-state index in [0.29, 0.717) is 13.1 Å². The average molecular weight is 242 g/mol. The quantitative estimate of drug-likeness (QED) is 0.755. The number of carboxylic acid groups (broad SMARTS) is 1. The van der Waals surface area contributed by atoms with Gasteiger partial charge in [0, 0.05) is 31.5 Å². The highest BCUT2D eigenvalue weighted by atomic mass is 16.4. The van der Waals surface area contributed by atoms with Crippen molar-refractivity contribution in [2.45, 2.75) is 32.7 Å². The third-order valence-electron chi connectivity index (χ3n) is 3.21. The van der Waals surface area contributed by atoms with E-state index in [-0.39, 0.29) is 30.2 Å². The second-order valence-electron chi connectivity index (χ2n) is 5.08. The number of likely N-dealkylation sites (N-methyl/N-ethyl adjacent to an activating group) is 1. The van der Waals surface area contributed by atoms with E-state index in [4.69, 9.17) is 5.11 Å². The minimum absolute atomic E-state index is 0.0314. The van der Waals surface area contributed by atoms with E-state index >= 15 is 0 Å². The maximum absolute atomic E-state index is 11.9. The summed E-state index contributed by atoms with van der Waals surface area (Å²) in [6.45, 7) is 5.00. The van der Waals surface area contributed by atoms with Gasteiger partial charge >= 0.3 is 5.97 Å². The van der Waals surface area contributed by atoms with Gasteiger partial charge in [-0.2, -0.15) is 0 Å². The van der Waals surface area contributed by atoms with E-state index in [2.05, 4.69) is 5.32 Å². The van der Waals surface area contributed by atoms with Gasteiger partial charge in [-0.1, -0.05) is 13.8 Å². The molecule has 0 bridgehead atoms. The molecule has 1 heterocycles. The molecule has 0 spiro atoms.